The van der Waals surface area contributed by atoms with Crippen LogP contribution < -0.4 is 14.8 Å². The molecule has 0 aromatic heterocycles. The van der Waals surface area contributed by atoms with Gasteiger partial charge in [0.15, 0.2) is 17.3 Å². The molecule has 0 spiro atoms. The van der Waals surface area contributed by atoms with Crippen molar-refractivity contribution in [2.24, 2.45) is 0 Å². The highest BCUT2D eigenvalue weighted by molar-refractivity contribution is 6.11. The fourth-order valence-electron chi connectivity index (χ4n) is 2.87. The summed E-state index contributed by atoms with van der Waals surface area (Å²) in [6, 6.07) is 18.3. The van der Waals surface area contributed by atoms with Crippen LogP contribution in [0.1, 0.15) is 15.9 Å². The predicted octanol–water partition coefficient (Wildman–Crippen LogP) is 4.59. The van der Waals surface area contributed by atoms with Gasteiger partial charge in [-0.1, -0.05) is 42.5 Å². The summed E-state index contributed by atoms with van der Waals surface area (Å²) in [5.74, 6) is 0.315. The minimum absolute atomic E-state index is 0.0760. The maximum Gasteiger partial charge on any atom is 0.292 e. The number of hydrogen-bond donors (Lipinski definition) is 1. The summed E-state index contributed by atoms with van der Waals surface area (Å²) >= 11 is 0. The van der Waals surface area contributed by atoms with Crippen LogP contribution >= 0.6 is 0 Å². The number of para-hydroxylation sites is 2. The van der Waals surface area contributed by atoms with Crippen molar-refractivity contribution in [3.05, 3.63) is 88.0 Å². The number of rotatable bonds is 7. The van der Waals surface area contributed by atoms with Gasteiger partial charge in [-0.3, -0.25) is 14.9 Å². The molecule has 0 aliphatic rings. The third-order valence-electron chi connectivity index (χ3n) is 4.17. The minimum atomic E-state index is -0.473. The second kappa shape index (κ2) is 8.22. The number of methoxy groups -OCH3 is 2. The Morgan fingerprint density at radius 1 is 0.857 bits per heavy atom. The van der Waals surface area contributed by atoms with Crippen LogP contribution in [-0.4, -0.2) is 24.9 Å². The number of hydrogen-bond acceptors (Lipinski definition) is 6. The zero-order valence-corrected chi connectivity index (χ0v) is 15.3. The summed E-state index contributed by atoms with van der Waals surface area (Å²) in [5, 5.41) is 14.3. The topological polar surface area (TPSA) is 90.7 Å². The first-order valence-electron chi connectivity index (χ1n) is 8.42. The molecule has 7 heteroatoms. The molecule has 142 valence electrons. The van der Waals surface area contributed by atoms with Crippen LogP contribution in [0.15, 0.2) is 66.7 Å². The molecule has 0 saturated carbocycles. The first-order valence-corrected chi connectivity index (χ1v) is 8.42. The van der Waals surface area contributed by atoms with Gasteiger partial charge >= 0.3 is 0 Å². The zero-order valence-electron chi connectivity index (χ0n) is 15.3. The van der Waals surface area contributed by atoms with Crippen LogP contribution in [0.5, 0.6) is 11.5 Å². The third-order valence-corrected chi connectivity index (χ3v) is 4.17. The van der Waals surface area contributed by atoms with E-state index in [1.54, 1.807) is 54.6 Å². The number of ketones is 1. The molecule has 0 bridgehead atoms. The van der Waals surface area contributed by atoms with Crippen LogP contribution in [0.25, 0.3) is 0 Å². The van der Waals surface area contributed by atoms with Crippen LogP contribution in [0.2, 0.25) is 0 Å². The molecule has 0 aliphatic heterocycles. The molecule has 0 radical (unpaired) electrons. The first kappa shape index (κ1) is 18.9. The molecule has 0 atom stereocenters. The van der Waals surface area contributed by atoms with Crippen molar-refractivity contribution in [1.82, 2.24) is 0 Å². The normalized spacial score (nSPS) is 10.2. The lowest BCUT2D eigenvalue weighted by atomic mass is 10.0. The van der Waals surface area contributed by atoms with E-state index in [4.69, 9.17) is 9.47 Å². The Labute approximate surface area is 161 Å². The number of anilines is 2. The van der Waals surface area contributed by atoms with Crippen LogP contribution in [-0.2, 0) is 0 Å². The highest BCUT2D eigenvalue weighted by Crippen LogP contribution is 2.41. The molecule has 3 rings (SSSR count). The quantitative estimate of drug-likeness (QED) is 0.367. The van der Waals surface area contributed by atoms with Crippen LogP contribution in [0.4, 0.5) is 17.1 Å². The van der Waals surface area contributed by atoms with Gasteiger partial charge in [0, 0.05) is 11.6 Å². The Morgan fingerprint density at radius 3 is 2.14 bits per heavy atom. The monoisotopic (exact) mass is 378 g/mol. The lowest BCUT2D eigenvalue weighted by Crippen LogP contribution is -2.07. The molecule has 0 unspecified atom stereocenters. The van der Waals surface area contributed by atoms with E-state index in [0.717, 1.165) is 0 Å². The molecule has 0 saturated heterocycles. The van der Waals surface area contributed by atoms with Gasteiger partial charge in [-0.15, -0.1) is 0 Å². The number of nitrogens with zero attached hydrogens (tertiary/aromatic N) is 1. The third kappa shape index (κ3) is 3.64. The number of nitrogens with one attached hydrogen (secondary N) is 1. The van der Waals surface area contributed by atoms with E-state index < -0.39 is 4.92 Å². The molecule has 3 aromatic carbocycles. The summed E-state index contributed by atoms with van der Waals surface area (Å²) in [6.07, 6.45) is 0. The SMILES string of the molecule is COc1c(Nc2ccccc2[N+](=O)[O-])ccc(C(=O)c2ccccc2)c1OC. The van der Waals surface area contributed by atoms with E-state index in [0.29, 0.717) is 22.5 Å². The van der Waals surface area contributed by atoms with Gasteiger partial charge in [0.25, 0.3) is 5.69 Å². The van der Waals surface area contributed by atoms with Crippen molar-refractivity contribution in [3.63, 3.8) is 0 Å². The van der Waals surface area contributed by atoms with Crippen LogP contribution in [0, 0.1) is 10.1 Å². The van der Waals surface area contributed by atoms with Crippen molar-refractivity contribution in [2.75, 3.05) is 19.5 Å². The molecule has 0 aliphatic carbocycles. The fraction of sp³-hybridized carbons (Fsp3) is 0.0952. The maximum atomic E-state index is 12.9. The molecule has 1 N–H and O–H groups in total. The fourth-order valence-corrected chi connectivity index (χ4v) is 2.87. The predicted molar refractivity (Wildman–Crippen MR) is 106 cm³/mol. The number of ether oxygens (including phenoxy) is 2. The van der Waals surface area contributed by atoms with Crippen molar-refractivity contribution < 1.29 is 19.2 Å². The van der Waals surface area contributed by atoms with Crippen LogP contribution in [0.3, 0.4) is 0 Å². The second-order valence-corrected chi connectivity index (χ2v) is 5.82. The zero-order chi connectivity index (χ0) is 20.1. The van der Waals surface area contributed by atoms with Crippen molar-refractivity contribution in [2.45, 2.75) is 0 Å². The summed E-state index contributed by atoms with van der Waals surface area (Å²) in [7, 11) is 2.88. The van der Waals surface area contributed by atoms with Gasteiger partial charge < -0.3 is 14.8 Å². The minimum Gasteiger partial charge on any atom is -0.492 e. The van der Waals surface area contributed by atoms with Gasteiger partial charge in [0.2, 0.25) is 0 Å². The van der Waals surface area contributed by atoms with Gasteiger partial charge in [0.05, 0.1) is 30.4 Å². The Hall–Kier alpha value is -3.87. The highest BCUT2D eigenvalue weighted by atomic mass is 16.6. The summed E-state index contributed by atoms with van der Waals surface area (Å²) in [4.78, 5) is 23.6. The molecule has 0 heterocycles. The number of nitro groups is 1. The van der Waals surface area contributed by atoms with E-state index in [2.05, 4.69) is 5.32 Å². The molecule has 0 fully saturated rings. The maximum absolute atomic E-state index is 12.9. The Balaban J connectivity index is 2.06. The first-order chi connectivity index (χ1) is 13.6. The molecule has 3 aromatic rings. The van der Waals surface area contributed by atoms with E-state index in [1.807, 2.05) is 6.07 Å². The summed E-state index contributed by atoms with van der Waals surface area (Å²) in [6.45, 7) is 0. The molecular weight excluding hydrogens is 360 g/mol. The lowest BCUT2D eigenvalue weighted by molar-refractivity contribution is -0.383. The van der Waals surface area contributed by atoms with E-state index in [9.17, 15) is 14.9 Å². The van der Waals surface area contributed by atoms with Gasteiger partial charge in [0.1, 0.15) is 5.69 Å². The van der Waals surface area contributed by atoms with Crippen molar-refractivity contribution in [1.29, 1.82) is 0 Å². The summed E-state index contributed by atoms with van der Waals surface area (Å²) in [5.41, 5.74) is 1.52. The second-order valence-electron chi connectivity index (χ2n) is 5.82. The van der Waals surface area contributed by atoms with Gasteiger partial charge in [-0.25, -0.2) is 0 Å². The average molecular weight is 378 g/mol. The lowest BCUT2D eigenvalue weighted by Gasteiger charge is -2.17. The number of carbonyl (C=O) groups is 1. The Bertz CT molecular complexity index is 1020. The standard InChI is InChI=1S/C21H18N2O5/c1-27-20-15(19(24)14-8-4-3-5-9-14)12-13-17(21(20)28-2)22-16-10-6-7-11-18(16)23(25)26/h3-13,22H,1-2H3. The molecular formula is C21H18N2O5. The van der Waals surface area contributed by atoms with E-state index in [-0.39, 0.29) is 23.0 Å². The largest absolute Gasteiger partial charge is 0.492 e. The van der Waals surface area contributed by atoms with E-state index >= 15 is 0 Å². The highest BCUT2D eigenvalue weighted by Gasteiger charge is 2.22. The number of benzene rings is 3. The smallest absolute Gasteiger partial charge is 0.292 e. The van der Waals surface area contributed by atoms with Crippen molar-refractivity contribution in [3.8, 4) is 11.5 Å². The number of nitro benzene ring substituents is 1. The molecule has 28 heavy (non-hydrogen) atoms. The molecule has 0 amide bonds. The van der Waals surface area contributed by atoms with Crippen molar-refractivity contribution >= 4 is 22.8 Å². The van der Waals surface area contributed by atoms with Gasteiger partial charge in [-0.2, -0.15) is 0 Å². The Kier molecular flexibility index (Phi) is 5.55. The van der Waals surface area contributed by atoms with Gasteiger partial charge in [-0.05, 0) is 18.2 Å². The average Bonchev–Trinajstić information content (AvgIpc) is 2.73. The van der Waals surface area contributed by atoms with E-state index in [1.165, 1.54) is 20.3 Å². The summed E-state index contributed by atoms with van der Waals surface area (Å²) < 4.78 is 10.9. The molecule has 7 nitrogen and oxygen atoms in total. The Morgan fingerprint density at radius 2 is 1.50 bits per heavy atom. The number of carbonyl (C=O) groups excluding carboxylic acids is 1.